The van der Waals surface area contributed by atoms with Crippen LogP contribution in [0.3, 0.4) is 0 Å². The summed E-state index contributed by atoms with van der Waals surface area (Å²) in [4.78, 5) is 4.17. The van der Waals surface area contributed by atoms with E-state index in [0.29, 0.717) is 21.6 Å². The first-order valence-corrected chi connectivity index (χ1v) is 5.22. The largest absolute Gasteiger partial charge is 0.431 e. The third-order valence-corrected chi connectivity index (χ3v) is 2.52. The highest BCUT2D eigenvalue weighted by Crippen LogP contribution is 2.25. The van der Waals surface area contributed by atoms with Crippen LogP contribution in [0.25, 0.3) is 11.1 Å². The molecule has 1 aromatic carbocycles. The summed E-state index contributed by atoms with van der Waals surface area (Å²) in [5.74, 6) is 0.334. The van der Waals surface area contributed by atoms with Gasteiger partial charge in [-0.15, -0.1) is 0 Å². The molecule has 0 unspecified atom stereocenters. The molecule has 0 atom stereocenters. The van der Waals surface area contributed by atoms with Crippen molar-refractivity contribution < 1.29 is 4.42 Å². The van der Waals surface area contributed by atoms with Crippen LogP contribution in [-0.2, 0) is 0 Å². The molecule has 2 aromatic rings. The quantitative estimate of drug-likeness (QED) is 0.736. The second-order valence-corrected chi connectivity index (χ2v) is 3.90. The fraction of sp³-hybridized carbons (Fsp3) is 0.111. The summed E-state index contributed by atoms with van der Waals surface area (Å²) >= 11 is 7.06. The molecule has 5 heteroatoms. The average molecular weight is 225 g/mol. The molecule has 14 heavy (non-hydrogen) atoms. The van der Waals surface area contributed by atoms with Gasteiger partial charge >= 0.3 is 0 Å². The van der Waals surface area contributed by atoms with Crippen molar-refractivity contribution in [2.45, 2.75) is 5.22 Å². The lowest BCUT2D eigenvalue weighted by Gasteiger charge is -1.85. The Morgan fingerprint density at radius 2 is 2.43 bits per heavy atom. The fourth-order valence-electron chi connectivity index (χ4n) is 1.04. The molecule has 0 aliphatic heterocycles. The van der Waals surface area contributed by atoms with E-state index in [9.17, 15) is 0 Å². The van der Waals surface area contributed by atoms with Crippen molar-refractivity contribution in [3.05, 3.63) is 23.2 Å². The number of fused-ring (bicyclic) bond motifs is 1. The second-order valence-electron chi connectivity index (χ2n) is 2.54. The van der Waals surface area contributed by atoms with E-state index < -0.39 is 0 Å². The molecule has 0 bridgehead atoms. The van der Waals surface area contributed by atoms with Crippen LogP contribution < -0.4 is 0 Å². The van der Waals surface area contributed by atoms with E-state index in [2.05, 4.69) is 4.98 Å². The van der Waals surface area contributed by atoms with Crippen LogP contribution in [0.5, 0.6) is 0 Å². The second kappa shape index (κ2) is 3.91. The predicted molar refractivity (Wildman–Crippen MR) is 55.4 cm³/mol. The number of hydrogen-bond acceptors (Lipinski definition) is 4. The number of aromatic nitrogens is 1. The van der Waals surface area contributed by atoms with Gasteiger partial charge in [0.25, 0.3) is 5.22 Å². The van der Waals surface area contributed by atoms with Crippen LogP contribution in [0.15, 0.2) is 27.8 Å². The van der Waals surface area contributed by atoms with Gasteiger partial charge in [-0.2, -0.15) is 5.26 Å². The fourth-order valence-corrected chi connectivity index (χ4v) is 1.70. The van der Waals surface area contributed by atoms with Crippen molar-refractivity contribution in [1.82, 2.24) is 4.98 Å². The first kappa shape index (κ1) is 9.38. The van der Waals surface area contributed by atoms with Crippen LogP contribution in [-0.4, -0.2) is 10.7 Å². The smallest absolute Gasteiger partial charge is 0.257 e. The number of oxazole rings is 1. The third-order valence-electron chi connectivity index (χ3n) is 1.59. The standard InChI is InChI=1S/C9H5ClN2OS/c10-6-1-2-8-7(5-6)12-9(13-8)14-4-3-11/h1-2,5H,4H2. The van der Waals surface area contributed by atoms with Gasteiger partial charge in [-0.1, -0.05) is 23.4 Å². The molecule has 3 nitrogen and oxygen atoms in total. The molecule has 0 saturated heterocycles. The zero-order chi connectivity index (χ0) is 9.97. The number of nitrogens with zero attached hydrogens (tertiary/aromatic N) is 2. The normalized spacial score (nSPS) is 10.3. The Morgan fingerprint density at radius 3 is 3.21 bits per heavy atom. The Hall–Kier alpha value is -1.18. The first-order chi connectivity index (χ1) is 6.79. The Kier molecular flexibility index (Phi) is 2.62. The van der Waals surface area contributed by atoms with Gasteiger partial charge in [-0.05, 0) is 18.2 Å². The Labute approximate surface area is 89.7 Å². The van der Waals surface area contributed by atoms with Crippen LogP contribution in [0.2, 0.25) is 5.02 Å². The molecule has 0 aliphatic rings. The van der Waals surface area contributed by atoms with E-state index >= 15 is 0 Å². The molecule has 70 valence electrons. The summed E-state index contributed by atoms with van der Waals surface area (Å²) in [7, 11) is 0. The van der Waals surface area contributed by atoms with Crippen LogP contribution >= 0.6 is 23.4 Å². The van der Waals surface area contributed by atoms with Crippen molar-refractivity contribution in [2.24, 2.45) is 0 Å². The third kappa shape index (κ3) is 1.84. The minimum atomic E-state index is 0.334. The maximum atomic E-state index is 8.39. The van der Waals surface area contributed by atoms with Crippen LogP contribution in [0.4, 0.5) is 0 Å². The van der Waals surface area contributed by atoms with Crippen LogP contribution in [0.1, 0.15) is 0 Å². The summed E-state index contributed by atoms with van der Waals surface area (Å²) in [6.07, 6.45) is 0. The predicted octanol–water partition coefficient (Wildman–Crippen LogP) is 3.10. The molecule has 0 amide bonds. The van der Waals surface area contributed by atoms with Gasteiger partial charge in [0, 0.05) is 5.02 Å². The number of nitriles is 1. The van der Waals surface area contributed by atoms with Crippen molar-refractivity contribution >= 4 is 34.5 Å². The van der Waals surface area contributed by atoms with Crippen molar-refractivity contribution in [3.8, 4) is 6.07 Å². The number of rotatable bonds is 2. The maximum absolute atomic E-state index is 8.39. The summed E-state index contributed by atoms with van der Waals surface area (Å²) in [6, 6.07) is 7.25. The molecule has 0 aliphatic carbocycles. The minimum absolute atomic E-state index is 0.334. The lowest BCUT2D eigenvalue weighted by Crippen LogP contribution is -1.72. The highest BCUT2D eigenvalue weighted by atomic mass is 35.5. The molecule has 0 radical (unpaired) electrons. The van der Waals surface area contributed by atoms with Gasteiger partial charge in [-0.3, -0.25) is 0 Å². The van der Waals surface area contributed by atoms with E-state index in [0.717, 1.165) is 5.52 Å². The summed E-state index contributed by atoms with van der Waals surface area (Å²) < 4.78 is 5.37. The number of halogens is 1. The zero-order valence-electron chi connectivity index (χ0n) is 7.03. The zero-order valence-corrected chi connectivity index (χ0v) is 8.60. The molecule has 0 spiro atoms. The van der Waals surface area contributed by atoms with E-state index in [-0.39, 0.29) is 0 Å². The van der Waals surface area contributed by atoms with E-state index in [1.54, 1.807) is 18.2 Å². The average Bonchev–Trinajstić information content (AvgIpc) is 2.56. The molecular weight excluding hydrogens is 220 g/mol. The lowest BCUT2D eigenvalue weighted by molar-refractivity contribution is 0.490. The Balaban J connectivity index is 2.37. The number of benzene rings is 1. The highest BCUT2D eigenvalue weighted by Gasteiger charge is 2.05. The summed E-state index contributed by atoms with van der Waals surface area (Å²) in [5.41, 5.74) is 1.41. The SMILES string of the molecule is N#CCSc1nc2cc(Cl)ccc2o1. The summed E-state index contributed by atoms with van der Waals surface area (Å²) in [6.45, 7) is 0. The minimum Gasteiger partial charge on any atom is -0.431 e. The van der Waals surface area contributed by atoms with E-state index in [1.165, 1.54) is 11.8 Å². The Morgan fingerprint density at radius 1 is 1.57 bits per heavy atom. The van der Waals surface area contributed by atoms with Gasteiger partial charge in [0.1, 0.15) is 5.52 Å². The highest BCUT2D eigenvalue weighted by molar-refractivity contribution is 7.99. The summed E-state index contributed by atoms with van der Waals surface area (Å²) in [5, 5.41) is 9.52. The van der Waals surface area contributed by atoms with Crippen molar-refractivity contribution in [3.63, 3.8) is 0 Å². The van der Waals surface area contributed by atoms with Crippen molar-refractivity contribution in [2.75, 3.05) is 5.75 Å². The van der Waals surface area contributed by atoms with Gasteiger partial charge in [0.2, 0.25) is 0 Å². The number of thioether (sulfide) groups is 1. The van der Waals surface area contributed by atoms with Gasteiger partial charge < -0.3 is 4.42 Å². The Bertz CT molecular complexity index is 503. The van der Waals surface area contributed by atoms with Gasteiger partial charge in [0.05, 0.1) is 11.8 Å². The van der Waals surface area contributed by atoms with Gasteiger partial charge in [-0.25, -0.2) is 4.98 Å². The molecule has 0 N–H and O–H groups in total. The molecular formula is C9H5ClN2OS. The van der Waals surface area contributed by atoms with Crippen molar-refractivity contribution in [1.29, 1.82) is 5.26 Å². The van der Waals surface area contributed by atoms with E-state index in [1.807, 2.05) is 6.07 Å². The molecule has 0 fully saturated rings. The molecule has 1 aromatic heterocycles. The van der Waals surface area contributed by atoms with Gasteiger partial charge in [0.15, 0.2) is 5.58 Å². The molecule has 0 saturated carbocycles. The lowest BCUT2D eigenvalue weighted by atomic mass is 10.3. The topological polar surface area (TPSA) is 49.8 Å². The maximum Gasteiger partial charge on any atom is 0.257 e. The van der Waals surface area contributed by atoms with E-state index in [4.69, 9.17) is 21.3 Å². The monoisotopic (exact) mass is 224 g/mol. The number of hydrogen-bond donors (Lipinski definition) is 0. The molecule has 2 rings (SSSR count). The first-order valence-electron chi connectivity index (χ1n) is 3.85. The molecule has 1 heterocycles. The van der Waals surface area contributed by atoms with Crippen LogP contribution in [0, 0.1) is 11.3 Å².